The monoisotopic (exact) mass is 317 g/mol. The molecule has 0 aromatic carbocycles. The van der Waals surface area contributed by atoms with Crippen LogP contribution in [0.15, 0.2) is 17.3 Å². The quantitative estimate of drug-likeness (QED) is 0.858. The molecule has 0 aliphatic rings. The van der Waals surface area contributed by atoms with Gasteiger partial charge in [-0.1, -0.05) is 23.4 Å². The summed E-state index contributed by atoms with van der Waals surface area (Å²) in [6.07, 6.45) is 0. The largest absolute Gasteiger partial charge is 0.481 e. The summed E-state index contributed by atoms with van der Waals surface area (Å²) in [5.74, 6) is -0.148. The Kier molecular flexibility index (Phi) is 4.49. The molecule has 1 N–H and O–H groups in total. The summed E-state index contributed by atoms with van der Waals surface area (Å²) in [4.78, 5) is 11.7. The molecule has 1 unspecified atom stereocenters. The van der Waals surface area contributed by atoms with Crippen LogP contribution in [0.3, 0.4) is 0 Å². The Labute approximate surface area is 123 Å². The Morgan fingerprint density at radius 3 is 2.89 bits per heavy atom. The predicted molar refractivity (Wildman–Crippen MR) is 76.3 cm³/mol. The van der Waals surface area contributed by atoms with Crippen molar-refractivity contribution in [3.05, 3.63) is 27.2 Å². The summed E-state index contributed by atoms with van der Waals surface area (Å²) in [5, 5.41) is 17.4. The van der Waals surface area contributed by atoms with E-state index < -0.39 is 5.97 Å². The maximum absolute atomic E-state index is 10.6. The summed E-state index contributed by atoms with van der Waals surface area (Å²) >= 11 is 8.61. The molecule has 102 valence electrons. The van der Waals surface area contributed by atoms with Gasteiger partial charge in [-0.25, -0.2) is 0 Å². The number of halogens is 1. The first kappa shape index (κ1) is 14.4. The van der Waals surface area contributed by atoms with Crippen molar-refractivity contribution >= 4 is 40.7 Å². The molecule has 2 aromatic heterocycles. The van der Waals surface area contributed by atoms with Gasteiger partial charge in [-0.3, -0.25) is 9.36 Å². The summed E-state index contributed by atoms with van der Waals surface area (Å²) in [5.41, 5.74) is 0. The standard InChI is InChI=1S/C11H12ClN3O2S2/c1-6(8-3-4-9(12)19-8)15-7(2)13-14-11(15)18-5-10(16)17/h3-4,6H,5H2,1-2H3,(H,16,17). The molecule has 2 aromatic rings. The zero-order valence-electron chi connectivity index (χ0n) is 10.3. The van der Waals surface area contributed by atoms with Crippen LogP contribution in [0.2, 0.25) is 4.34 Å². The van der Waals surface area contributed by atoms with Crippen LogP contribution < -0.4 is 0 Å². The molecule has 19 heavy (non-hydrogen) atoms. The molecule has 0 bridgehead atoms. The third-order valence-corrected chi connectivity index (χ3v) is 4.88. The summed E-state index contributed by atoms with van der Waals surface area (Å²) < 4.78 is 2.66. The number of thiophene rings is 1. The van der Waals surface area contributed by atoms with Gasteiger partial charge in [0.1, 0.15) is 5.82 Å². The van der Waals surface area contributed by atoms with Gasteiger partial charge in [0.2, 0.25) is 0 Å². The number of rotatable bonds is 5. The number of nitrogens with zero attached hydrogens (tertiary/aromatic N) is 3. The fourth-order valence-electron chi connectivity index (χ4n) is 1.70. The molecule has 8 heteroatoms. The van der Waals surface area contributed by atoms with Crippen LogP contribution in [0.5, 0.6) is 0 Å². The number of aliphatic carboxylic acids is 1. The first-order chi connectivity index (χ1) is 8.99. The van der Waals surface area contributed by atoms with Crippen LogP contribution in [-0.2, 0) is 4.79 Å². The van der Waals surface area contributed by atoms with Gasteiger partial charge in [0.25, 0.3) is 0 Å². The van der Waals surface area contributed by atoms with Gasteiger partial charge in [0, 0.05) is 4.88 Å². The number of carboxylic acid groups (broad SMARTS) is 1. The van der Waals surface area contributed by atoms with E-state index in [0.717, 1.165) is 15.0 Å². The van der Waals surface area contributed by atoms with E-state index in [1.165, 1.54) is 23.1 Å². The van der Waals surface area contributed by atoms with Crippen LogP contribution in [0.1, 0.15) is 23.7 Å². The molecule has 0 aliphatic heterocycles. The molecule has 0 radical (unpaired) electrons. The molecule has 2 rings (SSSR count). The number of aryl methyl sites for hydroxylation is 1. The normalized spacial score (nSPS) is 12.6. The van der Waals surface area contributed by atoms with Gasteiger partial charge in [-0.05, 0) is 26.0 Å². The van der Waals surface area contributed by atoms with E-state index in [4.69, 9.17) is 16.7 Å². The lowest BCUT2D eigenvalue weighted by Gasteiger charge is -2.15. The maximum atomic E-state index is 10.6. The minimum atomic E-state index is -0.871. The molecule has 0 fully saturated rings. The first-order valence-electron chi connectivity index (χ1n) is 5.50. The molecule has 0 spiro atoms. The number of carboxylic acids is 1. The van der Waals surface area contributed by atoms with E-state index in [9.17, 15) is 4.79 Å². The van der Waals surface area contributed by atoms with Gasteiger partial charge in [-0.15, -0.1) is 21.5 Å². The van der Waals surface area contributed by atoms with Crippen molar-refractivity contribution in [1.82, 2.24) is 14.8 Å². The predicted octanol–water partition coefficient (Wildman–Crippen LogP) is 3.09. The molecule has 0 aliphatic carbocycles. The molecular formula is C11H12ClN3O2S2. The van der Waals surface area contributed by atoms with Crippen molar-refractivity contribution in [2.75, 3.05) is 5.75 Å². The minimum Gasteiger partial charge on any atom is -0.481 e. The molecule has 0 saturated heterocycles. The van der Waals surface area contributed by atoms with Gasteiger partial charge in [0.05, 0.1) is 16.1 Å². The van der Waals surface area contributed by atoms with Crippen LogP contribution in [0.25, 0.3) is 0 Å². The van der Waals surface area contributed by atoms with Crippen molar-refractivity contribution in [2.24, 2.45) is 0 Å². The molecule has 5 nitrogen and oxygen atoms in total. The molecule has 2 heterocycles. The van der Waals surface area contributed by atoms with Gasteiger partial charge >= 0.3 is 5.97 Å². The highest BCUT2D eigenvalue weighted by molar-refractivity contribution is 7.99. The van der Waals surface area contributed by atoms with Crippen molar-refractivity contribution in [3.63, 3.8) is 0 Å². The Hall–Kier alpha value is -1.05. The van der Waals surface area contributed by atoms with Gasteiger partial charge in [-0.2, -0.15) is 0 Å². The highest BCUT2D eigenvalue weighted by Crippen LogP contribution is 2.32. The highest BCUT2D eigenvalue weighted by Gasteiger charge is 2.18. The average molecular weight is 318 g/mol. The lowest BCUT2D eigenvalue weighted by Crippen LogP contribution is -2.10. The molecular weight excluding hydrogens is 306 g/mol. The maximum Gasteiger partial charge on any atom is 0.313 e. The van der Waals surface area contributed by atoms with Crippen LogP contribution in [0.4, 0.5) is 0 Å². The lowest BCUT2D eigenvalue weighted by atomic mass is 10.3. The number of hydrogen-bond acceptors (Lipinski definition) is 5. The molecule has 0 saturated carbocycles. The number of hydrogen-bond donors (Lipinski definition) is 1. The zero-order chi connectivity index (χ0) is 14.0. The summed E-state index contributed by atoms with van der Waals surface area (Å²) in [7, 11) is 0. The van der Waals surface area contributed by atoms with E-state index in [1.54, 1.807) is 0 Å². The second kappa shape index (κ2) is 5.94. The third-order valence-electron chi connectivity index (χ3n) is 2.55. The van der Waals surface area contributed by atoms with Gasteiger partial charge in [0.15, 0.2) is 5.16 Å². The number of thioether (sulfide) groups is 1. The molecule has 1 atom stereocenters. The lowest BCUT2D eigenvalue weighted by molar-refractivity contribution is -0.133. The zero-order valence-corrected chi connectivity index (χ0v) is 12.7. The Balaban J connectivity index is 2.27. The second-order valence-corrected chi connectivity index (χ2v) is 6.59. The van der Waals surface area contributed by atoms with Crippen molar-refractivity contribution in [2.45, 2.75) is 25.0 Å². The fraction of sp³-hybridized carbons (Fsp3) is 0.364. The average Bonchev–Trinajstić information content (AvgIpc) is 2.92. The van der Waals surface area contributed by atoms with Crippen molar-refractivity contribution < 1.29 is 9.90 Å². The van der Waals surface area contributed by atoms with E-state index in [1.807, 2.05) is 30.5 Å². The second-order valence-electron chi connectivity index (χ2n) is 3.90. The SMILES string of the molecule is Cc1nnc(SCC(=O)O)n1C(C)c1ccc(Cl)s1. The summed E-state index contributed by atoms with van der Waals surface area (Å²) in [6, 6.07) is 3.84. The fourth-order valence-corrected chi connectivity index (χ4v) is 3.58. The van der Waals surface area contributed by atoms with Crippen LogP contribution in [-0.4, -0.2) is 31.6 Å². The topological polar surface area (TPSA) is 68.0 Å². The Bertz CT molecular complexity index is 597. The van der Waals surface area contributed by atoms with Crippen LogP contribution in [0, 0.1) is 6.92 Å². The van der Waals surface area contributed by atoms with E-state index in [2.05, 4.69) is 10.2 Å². The smallest absolute Gasteiger partial charge is 0.313 e. The van der Waals surface area contributed by atoms with Gasteiger partial charge < -0.3 is 5.11 Å². The molecule has 0 amide bonds. The Morgan fingerprint density at radius 2 is 2.32 bits per heavy atom. The first-order valence-corrected chi connectivity index (χ1v) is 7.68. The van der Waals surface area contributed by atoms with E-state index in [0.29, 0.717) is 5.16 Å². The van der Waals surface area contributed by atoms with Crippen LogP contribution >= 0.6 is 34.7 Å². The number of carbonyl (C=O) groups is 1. The third kappa shape index (κ3) is 3.29. The highest BCUT2D eigenvalue weighted by atomic mass is 35.5. The van der Waals surface area contributed by atoms with E-state index in [-0.39, 0.29) is 11.8 Å². The van der Waals surface area contributed by atoms with Crippen molar-refractivity contribution in [3.8, 4) is 0 Å². The van der Waals surface area contributed by atoms with Crippen molar-refractivity contribution in [1.29, 1.82) is 0 Å². The van der Waals surface area contributed by atoms with E-state index >= 15 is 0 Å². The number of aromatic nitrogens is 3. The summed E-state index contributed by atoms with van der Waals surface area (Å²) in [6.45, 7) is 3.87. The minimum absolute atomic E-state index is 0.0313. The Morgan fingerprint density at radius 1 is 1.58 bits per heavy atom.